The molecule has 0 radical (unpaired) electrons. The van der Waals surface area contributed by atoms with Gasteiger partial charge in [0.25, 0.3) is 0 Å². The highest BCUT2D eigenvalue weighted by molar-refractivity contribution is 9.11. The summed E-state index contributed by atoms with van der Waals surface area (Å²) >= 11 is 16.5. The molecule has 2 rings (SSSR count). The van der Waals surface area contributed by atoms with Crippen LogP contribution in [0.15, 0.2) is 43.7 Å². The molecule has 112 valence electrons. The number of anilines is 1. The number of hydrogen-bond acceptors (Lipinski definition) is 2. The summed E-state index contributed by atoms with van der Waals surface area (Å²) in [6, 6.07) is 9.78. The van der Waals surface area contributed by atoms with Gasteiger partial charge in [-0.25, -0.2) is 0 Å². The molecule has 6 heteroatoms. The van der Waals surface area contributed by atoms with Gasteiger partial charge in [0.15, 0.2) is 0 Å². The summed E-state index contributed by atoms with van der Waals surface area (Å²) in [6.07, 6.45) is 0. The van der Waals surface area contributed by atoms with Gasteiger partial charge >= 0.3 is 0 Å². The highest BCUT2D eigenvalue weighted by Gasteiger charge is 2.10. The van der Waals surface area contributed by atoms with Gasteiger partial charge in [0.1, 0.15) is 5.75 Å². The SMILES string of the molecule is CCOc1c(Br)cc(Br)cc1CNc1ccc(Cl)c(Br)c1. The molecule has 0 unspecified atom stereocenters. The third-order valence-corrected chi connectivity index (χ3v) is 5.04. The molecule has 2 aromatic carbocycles. The van der Waals surface area contributed by atoms with Crippen molar-refractivity contribution in [2.45, 2.75) is 13.5 Å². The number of benzene rings is 2. The van der Waals surface area contributed by atoms with Crippen molar-refractivity contribution in [2.24, 2.45) is 0 Å². The van der Waals surface area contributed by atoms with E-state index >= 15 is 0 Å². The molecule has 0 aliphatic rings. The molecule has 0 bridgehead atoms. The van der Waals surface area contributed by atoms with Crippen molar-refractivity contribution in [2.75, 3.05) is 11.9 Å². The maximum Gasteiger partial charge on any atom is 0.138 e. The van der Waals surface area contributed by atoms with Crippen LogP contribution in [0.4, 0.5) is 5.69 Å². The first kappa shape index (κ1) is 17.1. The minimum atomic E-state index is 0.625. The topological polar surface area (TPSA) is 21.3 Å². The fourth-order valence-electron chi connectivity index (χ4n) is 1.85. The summed E-state index contributed by atoms with van der Waals surface area (Å²) < 4.78 is 8.53. The van der Waals surface area contributed by atoms with E-state index in [1.807, 2.05) is 37.3 Å². The Kier molecular flexibility index (Phi) is 6.41. The van der Waals surface area contributed by atoms with E-state index in [9.17, 15) is 0 Å². The van der Waals surface area contributed by atoms with E-state index in [0.717, 1.165) is 30.4 Å². The molecule has 0 aromatic heterocycles. The van der Waals surface area contributed by atoms with Gasteiger partial charge in [-0.05, 0) is 69.1 Å². The summed E-state index contributed by atoms with van der Waals surface area (Å²) in [4.78, 5) is 0. The van der Waals surface area contributed by atoms with Crippen molar-refractivity contribution in [1.82, 2.24) is 0 Å². The molecule has 0 aliphatic heterocycles. The van der Waals surface area contributed by atoms with Gasteiger partial charge in [0, 0.05) is 26.7 Å². The number of halogens is 4. The van der Waals surface area contributed by atoms with Crippen molar-refractivity contribution in [3.63, 3.8) is 0 Å². The standard InChI is InChI=1S/C15H13Br3ClNO/c1-2-21-15-9(5-10(16)6-13(15)18)8-20-11-3-4-14(19)12(17)7-11/h3-7,20H,2,8H2,1H3. The van der Waals surface area contributed by atoms with Crippen molar-refractivity contribution in [3.8, 4) is 5.75 Å². The molecular formula is C15H13Br3ClNO. The van der Waals surface area contributed by atoms with Crippen LogP contribution in [-0.2, 0) is 6.54 Å². The summed E-state index contributed by atoms with van der Waals surface area (Å²) in [6.45, 7) is 3.25. The van der Waals surface area contributed by atoms with Crippen molar-refractivity contribution < 1.29 is 4.74 Å². The van der Waals surface area contributed by atoms with Crippen molar-refractivity contribution in [3.05, 3.63) is 54.3 Å². The second-order valence-corrected chi connectivity index (χ2v) is 7.32. The quantitative estimate of drug-likeness (QED) is 0.499. The lowest BCUT2D eigenvalue weighted by atomic mass is 10.2. The van der Waals surface area contributed by atoms with Crippen LogP contribution in [-0.4, -0.2) is 6.61 Å². The van der Waals surface area contributed by atoms with E-state index in [1.165, 1.54) is 0 Å². The van der Waals surface area contributed by atoms with Gasteiger partial charge in [-0.1, -0.05) is 27.5 Å². The molecular weight excluding hydrogens is 485 g/mol. The van der Waals surface area contributed by atoms with Crippen LogP contribution >= 0.6 is 59.4 Å². The third-order valence-electron chi connectivity index (χ3n) is 2.78. The average molecular weight is 498 g/mol. The summed E-state index contributed by atoms with van der Waals surface area (Å²) in [7, 11) is 0. The first-order valence-electron chi connectivity index (χ1n) is 6.31. The van der Waals surface area contributed by atoms with Gasteiger partial charge in [-0.2, -0.15) is 0 Å². The fraction of sp³-hybridized carbons (Fsp3) is 0.200. The number of nitrogens with one attached hydrogen (secondary N) is 1. The molecule has 0 amide bonds. The van der Waals surface area contributed by atoms with Crippen LogP contribution in [0.2, 0.25) is 5.02 Å². The number of rotatable bonds is 5. The highest BCUT2D eigenvalue weighted by Crippen LogP contribution is 2.34. The van der Waals surface area contributed by atoms with Gasteiger partial charge in [0.05, 0.1) is 16.1 Å². The van der Waals surface area contributed by atoms with Gasteiger partial charge in [-0.3, -0.25) is 0 Å². The Hall–Kier alpha value is -0.230. The second-order valence-electron chi connectivity index (χ2n) is 4.29. The van der Waals surface area contributed by atoms with Crippen LogP contribution in [0.5, 0.6) is 5.75 Å². The summed E-state index contributed by atoms with van der Waals surface area (Å²) in [5, 5.41) is 4.07. The lowest BCUT2D eigenvalue weighted by Gasteiger charge is -2.14. The molecule has 0 spiro atoms. The van der Waals surface area contributed by atoms with Gasteiger partial charge in [0.2, 0.25) is 0 Å². The van der Waals surface area contributed by atoms with Crippen molar-refractivity contribution in [1.29, 1.82) is 0 Å². The number of ether oxygens (including phenoxy) is 1. The largest absolute Gasteiger partial charge is 0.492 e. The van der Waals surface area contributed by atoms with Crippen LogP contribution in [0.1, 0.15) is 12.5 Å². The minimum Gasteiger partial charge on any atom is -0.492 e. The van der Waals surface area contributed by atoms with E-state index in [0.29, 0.717) is 18.2 Å². The molecule has 0 saturated heterocycles. The summed E-state index contributed by atoms with van der Waals surface area (Å²) in [5.74, 6) is 0.862. The average Bonchev–Trinajstić information content (AvgIpc) is 2.43. The monoisotopic (exact) mass is 495 g/mol. The third kappa shape index (κ3) is 4.62. The lowest BCUT2D eigenvalue weighted by Crippen LogP contribution is -2.04. The first-order valence-corrected chi connectivity index (χ1v) is 9.06. The Balaban J connectivity index is 2.20. The van der Waals surface area contributed by atoms with Gasteiger partial charge in [-0.15, -0.1) is 0 Å². The van der Waals surface area contributed by atoms with E-state index in [4.69, 9.17) is 16.3 Å². The highest BCUT2D eigenvalue weighted by atomic mass is 79.9. The van der Waals surface area contributed by atoms with Crippen molar-refractivity contribution >= 4 is 65.1 Å². The predicted molar refractivity (Wildman–Crippen MR) is 99.5 cm³/mol. The maximum atomic E-state index is 6.00. The Morgan fingerprint density at radius 2 is 1.86 bits per heavy atom. The van der Waals surface area contributed by atoms with Crippen LogP contribution in [0.25, 0.3) is 0 Å². The second kappa shape index (κ2) is 7.86. The molecule has 0 heterocycles. The molecule has 0 fully saturated rings. The maximum absolute atomic E-state index is 6.00. The summed E-state index contributed by atoms with van der Waals surface area (Å²) in [5.41, 5.74) is 2.06. The smallest absolute Gasteiger partial charge is 0.138 e. The molecule has 2 aromatic rings. The van der Waals surface area contributed by atoms with E-state index in [-0.39, 0.29) is 0 Å². The zero-order valence-corrected chi connectivity index (χ0v) is 16.7. The van der Waals surface area contributed by atoms with Crippen LogP contribution < -0.4 is 10.1 Å². The molecule has 1 N–H and O–H groups in total. The Labute approximate surface area is 154 Å². The first-order chi connectivity index (χ1) is 10.0. The van der Waals surface area contributed by atoms with Gasteiger partial charge < -0.3 is 10.1 Å². The van der Waals surface area contributed by atoms with E-state index < -0.39 is 0 Å². The predicted octanol–water partition coefficient (Wildman–Crippen LogP) is 6.64. The molecule has 0 saturated carbocycles. The Bertz CT molecular complexity index is 649. The zero-order valence-electron chi connectivity index (χ0n) is 11.2. The Morgan fingerprint density at radius 3 is 2.52 bits per heavy atom. The fourth-order valence-corrected chi connectivity index (χ4v) is 3.78. The van der Waals surface area contributed by atoms with Crippen LogP contribution in [0.3, 0.4) is 0 Å². The molecule has 2 nitrogen and oxygen atoms in total. The normalized spacial score (nSPS) is 10.5. The zero-order chi connectivity index (χ0) is 15.4. The minimum absolute atomic E-state index is 0.625. The Morgan fingerprint density at radius 1 is 1.10 bits per heavy atom. The molecule has 21 heavy (non-hydrogen) atoms. The number of hydrogen-bond donors (Lipinski definition) is 1. The molecule has 0 aliphatic carbocycles. The van der Waals surface area contributed by atoms with E-state index in [1.54, 1.807) is 0 Å². The lowest BCUT2D eigenvalue weighted by molar-refractivity contribution is 0.334. The molecule has 0 atom stereocenters. The van der Waals surface area contributed by atoms with E-state index in [2.05, 4.69) is 53.1 Å². The van der Waals surface area contributed by atoms with Crippen LogP contribution in [0, 0.1) is 0 Å².